The van der Waals surface area contributed by atoms with Gasteiger partial charge in [-0.25, -0.2) is 5.43 Å². The molecule has 1 amide bonds. The normalized spacial score (nSPS) is 31.8. The molecule has 0 aliphatic heterocycles. The van der Waals surface area contributed by atoms with E-state index >= 15 is 0 Å². The van der Waals surface area contributed by atoms with Gasteiger partial charge in [0.25, 0.3) is 5.69 Å². The molecule has 0 heterocycles. The van der Waals surface area contributed by atoms with Crippen LogP contribution in [0.3, 0.4) is 0 Å². The summed E-state index contributed by atoms with van der Waals surface area (Å²) in [6, 6.07) is 2.45. The summed E-state index contributed by atoms with van der Waals surface area (Å²) in [6.45, 7) is 0. The number of nitrogens with zero attached hydrogens (tertiary/aromatic N) is 2. The van der Waals surface area contributed by atoms with Crippen molar-refractivity contribution in [2.45, 2.75) is 44.9 Å². The van der Waals surface area contributed by atoms with Gasteiger partial charge in [-0.2, -0.15) is 5.10 Å². The Kier molecular flexibility index (Phi) is 4.70. The molecule has 27 heavy (non-hydrogen) atoms. The van der Waals surface area contributed by atoms with Crippen molar-refractivity contribution in [3.63, 3.8) is 0 Å². The van der Waals surface area contributed by atoms with E-state index in [4.69, 9.17) is 0 Å². The number of rotatable bonds is 4. The molecule has 0 radical (unpaired) electrons. The number of non-ortho nitro benzene ring substituents is 1. The highest BCUT2D eigenvalue weighted by molar-refractivity contribution is 9.10. The van der Waals surface area contributed by atoms with Gasteiger partial charge in [0.15, 0.2) is 0 Å². The maximum Gasteiger partial charge on any atom is 0.271 e. The van der Waals surface area contributed by atoms with Crippen molar-refractivity contribution < 1.29 is 14.8 Å². The number of nitrogens with one attached hydrogen (secondary N) is 1. The molecule has 1 aromatic rings. The second kappa shape index (κ2) is 6.89. The average molecular weight is 436 g/mol. The highest BCUT2D eigenvalue weighted by Gasteiger charge is 2.52. The Morgan fingerprint density at radius 2 is 1.89 bits per heavy atom. The van der Waals surface area contributed by atoms with Crippen molar-refractivity contribution in [2.24, 2.45) is 28.3 Å². The quantitative estimate of drug-likeness (QED) is 0.421. The maximum atomic E-state index is 13.0. The van der Waals surface area contributed by atoms with E-state index in [0.29, 0.717) is 17.8 Å². The van der Waals surface area contributed by atoms with Crippen molar-refractivity contribution in [1.29, 1.82) is 0 Å². The summed E-state index contributed by atoms with van der Waals surface area (Å²) in [4.78, 5) is 23.4. The first-order chi connectivity index (χ1) is 12.9. The zero-order valence-corrected chi connectivity index (χ0v) is 16.4. The second-order valence-corrected chi connectivity index (χ2v) is 9.22. The lowest BCUT2D eigenvalue weighted by Crippen LogP contribution is -2.47. The Balaban J connectivity index is 1.51. The van der Waals surface area contributed by atoms with Gasteiger partial charge >= 0.3 is 0 Å². The lowest BCUT2D eigenvalue weighted by molar-refractivity contribution is -0.385. The van der Waals surface area contributed by atoms with Gasteiger partial charge in [-0.1, -0.05) is 12.8 Å². The van der Waals surface area contributed by atoms with Crippen LogP contribution in [0.2, 0.25) is 0 Å². The van der Waals surface area contributed by atoms with Crippen LogP contribution in [0.15, 0.2) is 21.7 Å². The largest absolute Gasteiger partial charge is 0.506 e. The number of halogens is 1. The molecule has 2 N–H and O–H groups in total. The zero-order valence-electron chi connectivity index (χ0n) is 14.9. The Labute approximate surface area is 165 Å². The van der Waals surface area contributed by atoms with E-state index in [1.807, 2.05) is 0 Å². The van der Waals surface area contributed by atoms with E-state index in [0.717, 1.165) is 19.3 Å². The smallest absolute Gasteiger partial charge is 0.271 e. The van der Waals surface area contributed by atoms with Crippen LogP contribution in [0.5, 0.6) is 5.75 Å². The number of aromatic hydroxyl groups is 1. The molecule has 8 heteroatoms. The van der Waals surface area contributed by atoms with Crippen LogP contribution >= 0.6 is 15.9 Å². The molecule has 1 aromatic carbocycles. The summed E-state index contributed by atoms with van der Waals surface area (Å²) < 4.78 is 0.210. The van der Waals surface area contributed by atoms with Gasteiger partial charge in [0.2, 0.25) is 5.91 Å². The standard InChI is InChI=1S/C19H22BrN3O4/c20-16-6-15(23(26)27)5-14(17(16)24)10-21-22-18(25)19-7-11-1-2-12(8-19)4-13(3-11)9-19/h5-6,10-13,24H,1-4,7-9H2,(H,22,25)/b21-10+. The number of nitro groups is 1. The number of hydrogen-bond acceptors (Lipinski definition) is 5. The topological polar surface area (TPSA) is 105 Å². The van der Waals surface area contributed by atoms with E-state index in [9.17, 15) is 20.0 Å². The predicted octanol–water partition coefficient (Wildman–Crippen LogP) is 4.12. The van der Waals surface area contributed by atoms with Crippen molar-refractivity contribution in [2.75, 3.05) is 0 Å². The second-order valence-electron chi connectivity index (χ2n) is 8.36. The molecule has 7 nitrogen and oxygen atoms in total. The summed E-state index contributed by atoms with van der Waals surface area (Å²) in [5.74, 6) is 1.73. The third-order valence-electron chi connectivity index (χ3n) is 6.49. The number of phenols is 1. The van der Waals surface area contributed by atoms with Gasteiger partial charge in [0.05, 0.1) is 21.0 Å². The van der Waals surface area contributed by atoms with Crippen LogP contribution in [0.25, 0.3) is 0 Å². The van der Waals surface area contributed by atoms with E-state index in [1.54, 1.807) is 0 Å². The molecule has 4 aliphatic carbocycles. The lowest BCUT2D eigenvalue weighted by atomic mass is 9.58. The van der Waals surface area contributed by atoms with Gasteiger partial charge in [0, 0.05) is 17.7 Å². The van der Waals surface area contributed by atoms with Gasteiger partial charge in [-0.3, -0.25) is 14.9 Å². The van der Waals surface area contributed by atoms with Crippen molar-refractivity contribution in [1.82, 2.24) is 5.43 Å². The lowest BCUT2D eigenvalue weighted by Gasteiger charge is -2.46. The number of hydrazone groups is 1. The van der Waals surface area contributed by atoms with Crippen LogP contribution in [-0.4, -0.2) is 22.2 Å². The number of amides is 1. The minimum Gasteiger partial charge on any atom is -0.506 e. The number of nitro benzene ring substituents is 1. The molecule has 4 bridgehead atoms. The van der Waals surface area contributed by atoms with Crippen LogP contribution in [-0.2, 0) is 4.79 Å². The zero-order chi connectivity index (χ0) is 19.2. The number of fused-ring (bicyclic) bond motifs is 1. The summed E-state index contributed by atoms with van der Waals surface area (Å²) >= 11 is 3.10. The van der Waals surface area contributed by atoms with E-state index in [2.05, 4.69) is 26.5 Å². The monoisotopic (exact) mass is 435 g/mol. The fourth-order valence-corrected chi connectivity index (χ4v) is 6.02. The summed E-state index contributed by atoms with van der Waals surface area (Å²) in [7, 11) is 0. The molecule has 144 valence electrons. The van der Waals surface area contributed by atoms with E-state index < -0.39 is 4.92 Å². The molecule has 2 unspecified atom stereocenters. The van der Waals surface area contributed by atoms with Gasteiger partial charge in [-0.05, 0) is 65.8 Å². The molecule has 4 fully saturated rings. The minimum absolute atomic E-state index is 0.0518. The summed E-state index contributed by atoms with van der Waals surface area (Å²) in [5.41, 5.74) is 2.34. The third kappa shape index (κ3) is 3.47. The number of phenolic OH excluding ortho intramolecular Hbond substituents is 1. The first-order valence-corrected chi connectivity index (χ1v) is 10.2. The molecule has 4 saturated carbocycles. The number of carbonyl (C=O) groups is 1. The molecule has 0 spiro atoms. The van der Waals surface area contributed by atoms with Crippen molar-refractivity contribution >= 4 is 33.7 Å². The van der Waals surface area contributed by atoms with Gasteiger partial charge < -0.3 is 5.11 Å². The Morgan fingerprint density at radius 1 is 1.26 bits per heavy atom. The minimum atomic E-state index is -0.543. The summed E-state index contributed by atoms with van der Waals surface area (Å²) in [6.07, 6.45) is 9.05. The molecule has 0 saturated heterocycles. The van der Waals surface area contributed by atoms with Crippen LogP contribution in [0.1, 0.15) is 50.5 Å². The average Bonchev–Trinajstić information content (AvgIpc) is 2.83. The van der Waals surface area contributed by atoms with Gasteiger partial charge in [0.1, 0.15) is 5.75 Å². The van der Waals surface area contributed by atoms with Crippen LogP contribution in [0, 0.1) is 33.3 Å². The molecular weight excluding hydrogens is 414 g/mol. The highest BCUT2D eigenvalue weighted by atomic mass is 79.9. The first-order valence-electron chi connectivity index (χ1n) is 9.37. The summed E-state index contributed by atoms with van der Waals surface area (Å²) in [5, 5.41) is 25.0. The number of hydrogen-bond donors (Lipinski definition) is 2. The molecular formula is C19H22BrN3O4. The Bertz CT molecular complexity index is 809. The first kappa shape index (κ1) is 18.4. The molecule has 0 aromatic heterocycles. The van der Waals surface area contributed by atoms with Crippen LogP contribution in [0.4, 0.5) is 5.69 Å². The number of carbonyl (C=O) groups excluding carboxylic acids is 1. The SMILES string of the molecule is O=C(N/N=C/c1cc([N+](=O)[O-])cc(Br)c1O)C12CC3CCC(CC(C3)C1)C2. The van der Waals surface area contributed by atoms with Crippen molar-refractivity contribution in [3.8, 4) is 5.75 Å². The van der Waals surface area contributed by atoms with Crippen molar-refractivity contribution in [3.05, 3.63) is 32.3 Å². The number of benzene rings is 1. The Morgan fingerprint density at radius 3 is 2.52 bits per heavy atom. The third-order valence-corrected chi connectivity index (χ3v) is 7.10. The highest BCUT2D eigenvalue weighted by Crippen LogP contribution is 2.57. The van der Waals surface area contributed by atoms with E-state index in [-0.39, 0.29) is 32.8 Å². The molecule has 4 aliphatic rings. The fraction of sp³-hybridized carbons (Fsp3) is 0.579. The van der Waals surface area contributed by atoms with Crippen LogP contribution < -0.4 is 5.43 Å². The van der Waals surface area contributed by atoms with Gasteiger partial charge in [-0.15, -0.1) is 0 Å². The fourth-order valence-electron chi connectivity index (χ4n) is 5.56. The predicted molar refractivity (Wildman–Crippen MR) is 103 cm³/mol. The maximum absolute atomic E-state index is 13.0. The Hall–Kier alpha value is -1.96. The molecule has 2 atom stereocenters. The van der Waals surface area contributed by atoms with E-state index in [1.165, 1.54) is 44.0 Å². The molecule has 5 rings (SSSR count).